The van der Waals surface area contributed by atoms with E-state index in [0.717, 1.165) is 55.5 Å². The summed E-state index contributed by atoms with van der Waals surface area (Å²) in [4.78, 5) is 30.4. The van der Waals surface area contributed by atoms with Gasteiger partial charge in [-0.25, -0.2) is 0 Å². The number of aliphatic hydroxyl groups excluding tert-OH is 1. The average Bonchev–Trinajstić information content (AvgIpc) is 3.53. The number of fused-ring (bicyclic) bond motifs is 1. The Morgan fingerprint density at radius 3 is 2.34 bits per heavy atom. The lowest BCUT2D eigenvalue weighted by Gasteiger charge is -2.30. The summed E-state index contributed by atoms with van der Waals surface area (Å²) in [5.74, 6) is -0.614. The number of carboxylic acids is 1. The summed E-state index contributed by atoms with van der Waals surface area (Å²) in [5.41, 5.74) is 2.55. The number of likely N-dealkylation sites (tertiary alicyclic amines) is 1. The molecule has 2 aliphatic heterocycles. The van der Waals surface area contributed by atoms with Gasteiger partial charge in [-0.05, 0) is 48.1 Å². The molecule has 1 amide bonds. The number of carboxylic acid groups (broad SMARTS) is 1. The number of aliphatic hydroxyl groups is 1. The predicted octanol–water partition coefficient (Wildman–Crippen LogP) is 4.05. The molecule has 8 heteroatoms. The first-order chi connectivity index (χ1) is 18.5. The van der Waals surface area contributed by atoms with Gasteiger partial charge in [0.2, 0.25) is 12.7 Å². The average molecular weight is 525 g/mol. The first kappa shape index (κ1) is 27.9. The number of rotatable bonds is 13. The van der Waals surface area contributed by atoms with E-state index in [2.05, 4.69) is 18.7 Å². The second-order valence-corrected chi connectivity index (χ2v) is 10.3. The van der Waals surface area contributed by atoms with Gasteiger partial charge in [0.25, 0.3) is 0 Å². The second kappa shape index (κ2) is 13.1. The van der Waals surface area contributed by atoms with Crippen molar-refractivity contribution in [2.75, 3.05) is 33.0 Å². The second-order valence-electron chi connectivity index (χ2n) is 10.3. The first-order valence-electron chi connectivity index (χ1n) is 13.8. The molecule has 206 valence electrons. The van der Waals surface area contributed by atoms with Gasteiger partial charge in [0.1, 0.15) is 0 Å². The molecule has 2 N–H and O–H groups in total. The van der Waals surface area contributed by atoms with Gasteiger partial charge >= 0.3 is 5.97 Å². The zero-order valence-electron chi connectivity index (χ0n) is 22.5. The Morgan fingerprint density at radius 1 is 1.00 bits per heavy atom. The zero-order valence-corrected chi connectivity index (χ0v) is 22.5. The number of ether oxygens (including phenoxy) is 2. The highest BCUT2D eigenvalue weighted by molar-refractivity contribution is 5.79. The van der Waals surface area contributed by atoms with Crippen molar-refractivity contribution in [3.8, 4) is 11.5 Å². The predicted molar refractivity (Wildman–Crippen MR) is 144 cm³/mol. The maximum absolute atomic E-state index is 13.6. The van der Waals surface area contributed by atoms with Gasteiger partial charge in [-0.3, -0.25) is 14.5 Å². The van der Waals surface area contributed by atoms with Crippen molar-refractivity contribution in [1.82, 2.24) is 9.80 Å². The minimum Gasteiger partial charge on any atom is -0.481 e. The van der Waals surface area contributed by atoms with E-state index < -0.39 is 17.9 Å². The fraction of sp³-hybridized carbons (Fsp3) is 0.533. The van der Waals surface area contributed by atoms with Crippen LogP contribution in [-0.4, -0.2) is 70.9 Å². The van der Waals surface area contributed by atoms with Crippen LogP contribution in [0.25, 0.3) is 0 Å². The van der Waals surface area contributed by atoms with Crippen LogP contribution in [0.1, 0.15) is 62.1 Å². The Balaban J connectivity index is 1.66. The van der Waals surface area contributed by atoms with Crippen LogP contribution >= 0.6 is 0 Å². The van der Waals surface area contributed by atoms with E-state index >= 15 is 0 Å². The summed E-state index contributed by atoms with van der Waals surface area (Å²) in [5, 5.41) is 20.4. The van der Waals surface area contributed by atoms with Crippen molar-refractivity contribution in [1.29, 1.82) is 0 Å². The van der Waals surface area contributed by atoms with Crippen LogP contribution in [-0.2, 0) is 22.6 Å². The van der Waals surface area contributed by atoms with Crippen LogP contribution in [0.2, 0.25) is 0 Å². The summed E-state index contributed by atoms with van der Waals surface area (Å²) in [6.07, 6.45) is 4.34. The number of hydrogen-bond donors (Lipinski definition) is 2. The van der Waals surface area contributed by atoms with Crippen molar-refractivity contribution >= 4 is 11.9 Å². The molecule has 38 heavy (non-hydrogen) atoms. The van der Waals surface area contributed by atoms with Gasteiger partial charge < -0.3 is 24.6 Å². The molecule has 2 heterocycles. The molecule has 1 fully saturated rings. The van der Waals surface area contributed by atoms with Crippen LogP contribution in [0, 0.1) is 5.92 Å². The summed E-state index contributed by atoms with van der Waals surface area (Å²) in [6, 6.07) is 12.8. The number of hydrogen-bond acceptors (Lipinski definition) is 6. The third kappa shape index (κ3) is 6.30. The highest BCUT2D eigenvalue weighted by Crippen LogP contribution is 2.43. The number of carbonyl (C=O) groups excluding carboxylic acids is 1. The smallest absolute Gasteiger partial charge is 0.308 e. The van der Waals surface area contributed by atoms with Crippen LogP contribution in [0.3, 0.4) is 0 Å². The minimum atomic E-state index is -0.886. The van der Waals surface area contributed by atoms with Gasteiger partial charge in [-0.2, -0.15) is 0 Å². The molecule has 0 saturated carbocycles. The maximum atomic E-state index is 13.6. The molecule has 2 aromatic rings. The fourth-order valence-corrected chi connectivity index (χ4v) is 5.70. The molecule has 0 radical (unpaired) electrons. The Labute approximate surface area is 225 Å². The van der Waals surface area contributed by atoms with E-state index in [1.54, 1.807) is 0 Å². The highest BCUT2D eigenvalue weighted by atomic mass is 16.7. The number of nitrogens with zero attached hydrogens (tertiary/aromatic N) is 2. The molecule has 0 aliphatic carbocycles. The summed E-state index contributed by atoms with van der Waals surface area (Å²) in [7, 11) is 0. The van der Waals surface area contributed by atoms with Gasteiger partial charge in [0, 0.05) is 31.6 Å². The van der Waals surface area contributed by atoms with Crippen LogP contribution in [0.15, 0.2) is 42.5 Å². The lowest BCUT2D eigenvalue weighted by molar-refractivity contribution is -0.143. The van der Waals surface area contributed by atoms with Gasteiger partial charge in [-0.15, -0.1) is 0 Å². The maximum Gasteiger partial charge on any atom is 0.308 e. The molecule has 8 nitrogen and oxygen atoms in total. The number of aliphatic carboxylic acids is 1. The van der Waals surface area contributed by atoms with Crippen LogP contribution < -0.4 is 9.47 Å². The number of carbonyl (C=O) groups is 2. The monoisotopic (exact) mass is 524 g/mol. The Morgan fingerprint density at radius 2 is 1.68 bits per heavy atom. The molecular formula is C30H40N2O6. The van der Waals surface area contributed by atoms with Crippen LogP contribution in [0.5, 0.6) is 11.5 Å². The highest BCUT2D eigenvalue weighted by Gasteiger charge is 2.47. The third-order valence-corrected chi connectivity index (χ3v) is 7.83. The topological polar surface area (TPSA) is 99.5 Å². The van der Waals surface area contributed by atoms with Gasteiger partial charge in [0.05, 0.1) is 19.1 Å². The zero-order chi connectivity index (χ0) is 27.1. The molecule has 0 spiro atoms. The van der Waals surface area contributed by atoms with Crippen LogP contribution in [0.4, 0.5) is 0 Å². The van der Waals surface area contributed by atoms with Crippen molar-refractivity contribution < 1.29 is 29.3 Å². The Kier molecular flexibility index (Phi) is 9.63. The molecule has 2 aromatic carbocycles. The lowest BCUT2D eigenvalue weighted by Crippen LogP contribution is -2.45. The van der Waals surface area contributed by atoms with Crippen molar-refractivity contribution in [3.63, 3.8) is 0 Å². The molecular weight excluding hydrogens is 484 g/mol. The first-order valence-corrected chi connectivity index (χ1v) is 13.8. The molecule has 4 rings (SSSR count). The number of benzene rings is 2. The molecule has 3 atom stereocenters. The standard InChI is InChI=1S/C30H40N2O6/c1-3-5-13-31(14-6-4-2)28(34)18-32-17-24(22-11-12-26-27(16-22)38-20-37-26)29(30(35)36)25(32)15-21-9-7-8-10-23(21)19-33/h7-12,16,24-25,29,33H,3-6,13-15,17-20H2,1-2H3,(H,35,36)/t24-,25+,29-/m1/s1. The normalized spacial score (nSPS) is 20.6. The van der Waals surface area contributed by atoms with E-state index in [-0.39, 0.29) is 31.8 Å². The molecule has 2 aliphatic rings. The quantitative estimate of drug-likeness (QED) is 0.408. The summed E-state index contributed by atoms with van der Waals surface area (Å²) < 4.78 is 11.0. The van der Waals surface area contributed by atoms with E-state index in [1.807, 2.05) is 47.4 Å². The molecule has 0 unspecified atom stereocenters. The van der Waals surface area contributed by atoms with E-state index in [0.29, 0.717) is 24.5 Å². The van der Waals surface area contributed by atoms with Gasteiger partial charge in [-0.1, -0.05) is 57.0 Å². The number of amides is 1. The summed E-state index contributed by atoms with van der Waals surface area (Å²) in [6.45, 7) is 6.32. The molecule has 0 aromatic heterocycles. The van der Waals surface area contributed by atoms with E-state index in [1.165, 1.54) is 0 Å². The van der Waals surface area contributed by atoms with E-state index in [9.17, 15) is 19.8 Å². The SMILES string of the molecule is CCCCN(CCCC)C(=O)CN1C[C@H](c2ccc3c(c2)OCO3)[C@@H](C(=O)O)[C@@H]1Cc1ccccc1CO. The van der Waals surface area contributed by atoms with E-state index in [4.69, 9.17) is 9.47 Å². The third-order valence-electron chi connectivity index (χ3n) is 7.83. The largest absolute Gasteiger partial charge is 0.481 e. The summed E-state index contributed by atoms with van der Waals surface area (Å²) >= 11 is 0. The van der Waals surface area contributed by atoms with Gasteiger partial charge in [0.15, 0.2) is 11.5 Å². The fourth-order valence-electron chi connectivity index (χ4n) is 5.70. The number of unbranched alkanes of at least 4 members (excludes halogenated alkanes) is 2. The lowest BCUT2D eigenvalue weighted by atomic mass is 9.82. The Bertz CT molecular complexity index is 1100. The Hall–Kier alpha value is -3.10. The molecule has 1 saturated heterocycles. The molecule has 0 bridgehead atoms. The van der Waals surface area contributed by atoms with Crippen molar-refractivity contribution in [2.24, 2.45) is 5.92 Å². The minimum absolute atomic E-state index is 0.0443. The van der Waals surface area contributed by atoms with Crippen molar-refractivity contribution in [2.45, 2.75) is 64.5 Å². The van der Waals surface area contributed by atoms with Crippen molar-refractivity contribution in [3.05, 3.63) is 59.2 Å².